The van der Waals surface area contributed by atoms with Gasteiger partial charge in [0.1, 0.15) is 0 Å². The van der Waals surface area contributed by atoms with Crippen LogP contribution in [0.25, 0.3) is 16.5 Å². The van der Waals surface area contributed by atoms with E-state index in [9.17, 15) is 14.7 Å². The highest BCUT2D eigenvalue weighted by atomic mass is 32.2. The molecule has 0 atom stereocenters. The molecule has 1 N–H and O–H groups in total. The fraction of sp³-hybridized carbons (Fsp3) is 0.318. The van der Waals surface area contributed by atoms with Crippen LogP contribution in [0.2, 0.25) is 0 Å². The quantitative estimate of drug-likeness (QED) is 0.408. The van der Waals surface area contributed by atoms with Crippen molar-refractivity contribution in [3.8, 4) is 5.88 Å². The van der Waals surface area contributed by atoms with Crippen LogP contribution in [0.1, 0.15) is 37.5 Å². The summed E-state index contributed by atoms with van der Waals surface area (Å²) in [5.41, 5.74) is 5.02. The van der Waals surface area contributed by atoms with Gasteiger partial charge in [0.15, 0.2) is 5.69 Å². The third-order valence-corrected chi connectivity index (χ3v) is 6.44. The second-order valence-electron chi connectivity index (χ2n) is 8.11. The average molecular weight is 439 g/mol. The van der Waals surface area contributed by atoms with Crippen LogP contribution < -0.4 is 0 Å². The Bertz CT molecular complexity index is 1290. The van der Waals surface area contributed by atoms with E-state index < -0.39 is 17.4 Å². The van der Waals surface area contributed by atoms with Gasteiger partial charge in [0.05, 0.1) is 23.1 Å². The Balaban J connectivity index is 1.84. The van der Waals surface area contributed by atoms with E-state index in [1.54, 1.807) is 0 Å². The topological polar surface area (TPSA) is 106 Å². The van der Waals surface area contributed by atoms with Crippen molar-refractivity contribution in [1.82, 2.24) is 4.57 Å². The van der Waals surface area contributed by atoms with E-state index in [1.165, 1.54) is 7.11 Å². The zero-order chi connectivity index (χ0) is 22.7. The van der Waals surface area contributed by atoms with Crippen LogP contribution >= 0.6 is 11.8 Å². The summed E-state index contributed by atoms with van der Waals surface area (Å²) in [5, 5.41) is 20.4. The first-order chi connectivity index (χ1) is 14.5. The van der Waals surface area contributed by atoms with E-state index in [2.05, 4.69) is 39.0 Å². The van der Waals surface area contributed by atoms with Gasteiger partial charge in [-0.2, -0.15) is 4.99 Å². The van der Waals surface area contributed by atoms with Gasteiger partial charge in [0, 0.05) is 17.0 Å². The molecular weight excluding hydrogens is 416 g/mol. The molecule has 4 rings (SSSR count). The highest BCUT2D eigenvalue weighted by molar-refractivity contribution is 8.18. The van der Waals surface area contributed by atoms with Crippen LogP contribution in [-0.4, -0.2) is 33.8 Å². The minimum absolute atomic E-state index is 0.00250. The number of benzene rings is 1. The maximum absolute atomic E-state index is 12.0. The van der Waals surface area contributed by atoms with Gasteiger partial charge in [-0.1, -0.05) is 6.08 Å². The first-order valence-corrected chi connectivity index (χ1v) is 10.5. The maximum atomic E-state index is 12.0. The summed E-state index contributed by atoms with van der Waals surface area (Å²) in [6.45, 7) is 10.1. The molecule has 2 aromatic rings. The van der Waals surface area contributed by atoms with Crippen LogP contribution in [0.15, 0.2) is 38.3 Å². The smallest absolute Gasteiger partial charge is 0.331 e. The molecule has 1 aromatic heterocycles. The number of azo groups is 1. The number of thioether (sulfide) groups is 1. The minimum Gasteiger partial charge on any atom is -0.493 e. The fourth-order valence-corrected chi connectivity index (χ4v) is 4.77. The second kappa shape index (κ2) is 7.19. The van der Waals surface area contributed by atoms with Crippen molar-refractivity contribution in [1.29, 1.82) is 0 Å². The molecule has 0 spiro atoms. The summed E-state index contributed by atoms with van der Waals surface area (Å²) in [6.07, 6.45) is 3.19. The lowest BCUT2D eigenvalue weighted by molar-refractivity contribution is -0.135. The number of rotatable bonds is 2. The highest BCUT2D eigenvalue weighted by Gasteiger charge is 2.33. The van der Waals surface area contributed by atoms with E-state index in [1.807, 2.05) is 32.3 Å². The van der Waals surface area contributed by atoms with Crippen molar-refractivity contribution in [2.45, 2.75) is 40.2 Å². The number of aromatic hydroxyl groups is 1. The number of amides is 1. The van der Waals surface area contributed by atoms with Crippen molar-refractivity contribution in [3.63, 3.8) is 0 Å². The van der Waals surface area contributed by atoms with E-state index in [-0.39, 0.29) is 16.0 Å². The Kier molecular flexibility index (Phi) is 4.88. The van der Waals surface area contributed by atoms with Crippen LogP contribution in [0.3, 0.4) is 0 Å². The Labute approximate surface area is 183 Å². The number of esters is 1. The average Bonchev–Trinajstić information content (AvgIpc) is 3.19. The Hall–Kier alpha value is -3.20. The molecule has 2 aliphatic heterocycles. The van der Waals surface area contributed by atoms with Gasteiger partial charge in [-0.05, 0) is 69.1 Å². The molecule has 8 nitrogen and oxygen atoms in total. The van der Waals surface area contributed by atoms with Gasteiger partial charge >= 0.3 is 5.97 Å². The third kappa shape index (κ3) is 3.29. The van der Waals surface area contributed by atoms with Gasteiger partial charge in [-0.25, -0.2) is 4.79 Å². The van der Waals surface area contributed by atoms with Gasteiger partial charge < -0.3 is 14.4 Å². The molecule has 0 aliphatic carbocycles. The lowest BCUT2D eigenvalue weighted by Crippen LogP contribution is -2.26. The van der Waals surface area contributed by atoms with Gasteiger partial charge in [0.25, 0.3) is 5.91 Å². The van der Waals surface area contributed by atoms with Crippen molar-refractivity contribution >= 4 is 51.0 Å². The summed E-state index contributed by atoms with van der Waals surface area (Å²) in [6, 6.07) is 2.12. The SMILES string of the molecule is COC(=O)C=C1SC(N=Nc2c(O)n3c4c(cc(C)c(C)c24)C(C)=CC3(C)C)=NC1=O. The fourth-order valence-electron chi connectivity index (χ4n) is 4.08. The van der Waals surface area contributed by atoms with Gasteiger partial charge in [0.2, 0.25) is 11.0 Å². The molecule has 3 heterocycles. The normalized spacial score (nSPS) is 18.8. The Morgan fingerprint density at radius 3 is 2.68 bits per heavy atom. The number of aryl methyl sites for hydroxylation is 2. The van der Waals surface area contributed by atoms with E-state index in [4.69, 9.17) is 0 Å². The van der Waals surface area contributed by atoms with Crippen LogP contribution in [-0.2, 0) is 19.9 Å². The molecule has 0 bridgehead atoms. The summed E-state index contributed by atoms with van der Waals surface area (Å²) < 4.78 is 6.41. The Morgan fingerprint density at radius 1 is 1.29 bits per heavy atom. The number of aliphatic imine (C=N–C) groups is 1. The number of carbonyl (C=O) groups excluding carboxylic acids is 2. The number of allylic oxidation sites excluding steroid dienone is 2. The molecule has 0 saturated heterocycles. The van der Waals surface area contributed by atoms with Crippen molar-refractivity contribution < 1.29 is 19.4 Å². The van der Waals surface area contributed by atoms with Crippen molar-refractivity contribution in [3.05, 3.63) is 39.8 Å². The monoisotopic (exact) mass is 438 g/mol. The molecule has 2 aliphatic rings. The summed E-state index contributed by atoms with van der Waals surface area (Å²) in [7, 11) is 1.23. The number of carbonyl (C=O) groups is 2. The lowest BCUT2D eigenvalue weighted by Gasteiger charge is -2.31. The van der Waals surface area contributed by atoms with Crippen molar-refractivity contribution in [2.75, 3.05) is 7.11 Å². The largest absolute Gasteiger partial charge is 0.493 e. The van der Waals surface area contributed by atoms with E-state index in [0.717, 1.165) is 51.0 Å². The number of amidine groups is 1. The number of hydrogen-bond donors (Lipinski definition) is 1. The van der Waals surface area contributed by atoms with Crippen LogP contribution in [0.5, 0.6) is 5.88 Å². The van der Waals surface area contributed by atoms with Crippen LogP contribution in [0, 0.1) is 13.8 Å². The maximum Gasteiger partial charge on any atom is 0.331 e. The molecular formula is C22H22N4O4S. The summed E-state index contributed by atoms with van der Waals surface area (Å²) in [5.74, 6) is -1.22. The van der Waals surface area contributed by atoms with Gasteiger partial charge in [-0.15, -0.1) is 10.2 Å². The standard InChI is InChI=1S/C22H22N4O4S/c1-10-7-13-11(2)9-22(4,5)26-18(13)16(12(10)3)17(20(26)29)24-25-21-23-19(28)14(31-21)8-15(27)30-6/h7-9,29H,1-6H3. The molecule has 31 heavy (non-hydrogen) atoms. The number of methoxy groups -OCH3 is 1. The summed E-state index contributed by atoms with van der Waals surface area (Å²) >= 11 is 0.930. The molecule has 1 amide bonds. The zero-order valence-corrected chi connectivity index (χ0v) is 18.9. The molecule has 160 valence electrons. The number of nitrogens with zero attached hydrogens (tertiary/aromatic N) is 4. The second-order valence-corrected chi connectivity index (χ2v) is 9.12. The Morgan fingerprint density at radius 2 is 2.00 bits per heavy atom. The number of ether oxygens (including phenoxy) is 1. The van der Waals surface area contributed by atoms with Crippen LogP contribution in [0.4, 0.5) is 5.69 Å². The molecule has 0 saturated carbocycles. The zero-order valence-electron chi connectivity index (χ0n) is 18.1. The predicted octanol–water partition coefficient (Wildman–Crippen LogP) is 4.89. The molecule has 9 heteroatoms. The third-order valence-electron chi connectivity index (χ3n) is 5.57. The predicted molar refractivity (Wildman–Crippen MR) is 121 cm³/mol. The van der Waals surface area contributed by atoms with E-state index >= 15 is 0 Å². The first kappa shape index (κ1) is 21.0. The minimum atomic E-state index is -0.646. The number of aromatic nitrogens is 1. The highest BCUT2D eigenvalue weighted by Crippen LogP contribution is 2.50. The van der Waals surface area contributed by atoms with E-state index in [0.29, 0.717) is 5.69 Å². The van der Waals surface area contributed by atoms with Gasteiger partial charge in [-0.3, -0.25) is 4.79 Å². The summed E-state index contributed by atoms with van der Waals surface area (Å²) in [4.78, 5) is 27.4. The lowest BCUT2D eigenvalue weighted by atomic mass is 9.89. The number of hydrogen-bond acceptors (Lipinski definition) is 7. The first-order valence-electron chi connectivity index (χ1n) is 9.65. The van der Waals surface area contributed by atoms with Crippen molar-refractivity contribution in [2.24, 2.45) is 15.2 Å². The molecule has 0 fully saturated rings. The molecule has 1 aromatic carbocycles. The molecule has 0 unspecified atom stereocenters. The molecule has 0 radical (unpaired) electrons.